The first-order chi connectivity index (χ1) is 7.08. The number of hydrogen-bond donors (Lipinski definition) is 2. The molecular weight excluding hydrogens is 236 g/mol. The number of carbonyl (C=O) groups excluding carboxylic acids is 2. The molecule has 1 fully saturated rings. The van der Waals surface area contributed by atoms with Crippen molar-refractivity contribution in [3.8, 4) is 0 Å². The van der Waals surface area contributed by atoms with Crippen molar-refractivity contribution in [3.63, 3.8) is 0 Å². The third kappa shape index (κ3) is 1.90. The van der Waals surface area contributed by atoms with Crippen LogP contribution in [0.4, 0.5) is 5.13 Å². The predicted octanol–water partition coefficient (Wildman–Crippen LogP) is 0.0389. The van der Waals surface area contributed by atoms with Gasteiger partial charge < -0.3 is 5.73 Å². The molecule has 1 saturated heterocycles. The van der Waals surface area contributed by atoms with Gasteiger partial charge in [-0.25, -0.2) is 0 Å². The van der Waals surface area contributed by atoms with Crippen LogP contribution in [0.3, 0.4) is 0 Å². The summed E-state index contributed by atoms with van der Waals surface area (Å²) in [5.41, 5.74) is 5.14. The second kappa shape index (κ2) is 3.70. The van der Waals surface area contributed by atoms with Crippen LogP contribution >= 0.6 is 23.6 Å². The van der Waals surface area contributed by atoms with Gasteiger partial charge in [0.25, 0.3) is 0 Å². The van der Waals surface area contributed by atoms with E-state index in [4.69, 9.17) is 18.0 Å². The Morgan fingerprint density at radius 3 is 2.93 bits per heavy atom. The number of H-pyrrole nitrogens is 1. The van der Waals surface area contributed by atoms with Gasteiger partial charge >= 0.3 is 0 Å². The average molecular weight is 244 g/mol. The van der Waals surface area contributed by atoms with Gasteiger partial charge in [0.1, 0.15) is 0 Å². The fourth-order valence-corrected chi connectivity index (χ4v) is 2.32. The molecule has 0 aliphatic carbocycles. The maximum Gasteiger partial charge on any atom is 0.229 e. The maximum atomic E-state index is 11.5. The Bertz CT molecular complexity index is 466. The SMILES string of the molecule is NC(=O)C1CC(=O)N(c2n[nH]c(=S)s2)C1. The number of hydrogen-bond acceptors (Lipinski definition) is 5. The molecule has 8 heteroatoms. The molecule has 1 aromatic rings. The van der Waals surface area contributed by atoms with E-state index in [1.807, 2.05) is 0 Å². The smallest absolute Gasteiger partial charge is 0.229 e. The Kier molecular flexibility index (Phi) is 2.53. The number of aromatic amines is 1. The number of nitrogens with two attached hydrogens (primary N) is 1. The number of anilines is 1. The number of primary amides is 1. The highest BCUT2D eigenvalue weighted by Gasteiger charge is 2.35. The Labute approximate surface area is 94.1 Å². The van der Waals surface area contributed by atoms with Crippen molar-refractivity contribution in [2.24, 2.45) is 11.7 Å². The highest BCUT2D eigenvalue weighted by Crippen LogP contribution is 2.26. The lowest BCUT2D eigenvalue weighted by atomic mass is 10.1. The minimum absolute atomic E-state index is 0.142. The molecule has 15 heavy (non-hydrogen) atoms. The second-order valence-corrected chi connectivity index (χ2v) is 4.85. The molecule has 0 bridgehead atoms. The number of amides is 2. The van der Waals surface area contributed by atoms with Crippen molar-refractivity contribution in [3.05, 3.63) is 3.95 Å². The number of nitrogens with zero attached hydrogens (tertiary/aromatic N) is 2. The standard InChI is InChI=1S/C7H8N4O2S2/c8-5(13)3-1-4(12)11(2-3)6-9-10-7(14)15-6/h3H,1-2H2,(H2,8,13)(H,10,14). The number of carbonyl (C=O) groups is 2. The topological polar surface area (TPSA) is 92.1 Å². The van der Waals surface area contributed by atoms with Crippen LogP contribution in [0, 0.1) is 9.87 Å². The summed E-state index contributed by atoms with van der Waals surface area (Å²) in [4.78, 5) is 23.9. The monoisotopic (exact) mass is 244 g/mol. The van der Waals surface area contributed by atoms with Crippen molar-refractivity contribution in [2.45, 2.75) is 6.42 Å². The van der Waals surface area contributed by atoms with Gasteiger partial charge in [-0.3, -0.25) is 19.6 Å². The average Bonchev–Trinajstić information content (AvgIpc) is 2.71. The fourth-order valence-electron chi connectivity index (χ4n) is 1.42. The van der Waals surface area contributed by atoms with Gasteiger partial charge in [0, 0.05) is 13.0 Å². The first kappa shape index (κ1) is 10.2. The first-order valence-corrected chi connectivity index (χ1v) is 5.45. The quantitative estimate of drug-likeness (QED) is 0.718. The van der Waals surface area contributed by atoms with E-state index in [1.165, 1.54) is 16.2 Å². The number of nitrogens with one attached hydrogen (secondary N) is 1. The lowest BCUT2D eigenvalue weighted by Gasteiger charge is -2.10. The fraction of sp³-hybridized carbons (Fsp3) is 0.429. The van der Waals surface area contributed by atoms with Crippen LogP contribution in [0.5, 0.6) is 0 Å². The minimum atomic E-state index is -0.454. The van der Waals surface area contributed by atoms with Gasteiger partial charge in [-0.2, -0.15) is 0 Å². The predicted molar refractivity (Wildman–Crippen MR) is 57.0 cm³/mol. The van der Waals surface area contributed by atoms with Gasteiger partial charge in [-0.1, -0.05) is 11.3 Å². The van der Waals surface area contributed by atoms with Crippen molar-refractivity contribution in [2.75, 3.05) is 11.4 Å². The molecule has 6 nitrogen and oxygen atoms in total. The van der Waals surface area contributed by atoms with E-state index >= 15 is 0 Å². The second-order valence-electron chi connectivity index (χ2n) is 3.20. The van der Waals surface area contributed by atoms with Crippen LogP contribution in [0.25, 0.3) is 0 Å². The number of aromatic nitrogens is 2. The van der Waals surface area contributed by atoms with Gasteiger partial charge in [0.05, 0.1) is 5.92 Å². The highest BCUT2D eigenvalue weighted by atomic mass is 32.1. The Morgan fingerprint density at radius 1 is 1.73 bits per heavy atom. The van der Waals surface area contributed by atoms with Crippen molar-refractivity contribution in [1.29, 1.82) is 0 Å². The lowest BCUT2D eigenvalue weighted by Crippen LogP contribution is -2.28. The number of rotatable bonds is 2. The van der Waals surface area contributed by atoms with Gasteiger partial charge in [0.2, 0.25) is 16.9 Å². The van der Waals surface area contributed by atoms with Crippen molar-refractivity contribution < 1.29 is 9.59 Å². The summed E-state index contributed by atoms with van der Waals surface area (Å²) in [7, 11) is 0. The van der Waals surface area contributed by atoms with Crippen LogP contribution < -0.4 is 10.6 Å². The van der Waals surface area contributed by atoms with E-state index in [9.17, 15) is 9.59 Å². The van der Waals surface area contributed by atoms with Crippen LogP contribution in [-0.2, 0) is 9.59 Å². The van der Waals surface area contributed by atoms with E-state index < -0.39 is 11.8 Å². The van der Waals surface area contributed by atoms with E-state index in [0.717, 1.165) is 0 Å². The van der Waals surface area contributed by atoms with Crippen LogP contribution in [0.2, 0.25) is 0 Å². The third-order valence-corrected chi connectivity index (χ3v) is 3.30. The Balaban J connectivity index is 2.22. The van der Waals surface area contributed by atoms with Gasteiger partial charge in [0.15, 0.2) is 3.95 Å². The summed E-state index contributed by atoms with van der Waals surface area (Å²) in [6.07, 6.45) is 0.154. The van der Waals surface area contributed by atoms with E-state index in [0.29, 0.717) is 15.6 Å². The molecular formula is C7H8N4O2S2. The molecule has 0 spiro atoms. The summed E-state index contributed by atoms with van der Waals surface area (Å²) in [6, 6.07) is 0. The normalized spacial score (nSPS) is 20.9. The molecule has 2 amide bonds. The Hall–Kier alpha value is -1.28. The molecule has 80 valence electrons. The summed E-state index contributed by atoms with van der Waals surface area (Å²) in [6.45, 7) is 0.296. The molecule has 2 heterocycles. The zero-order chi connectivity index (χ0) is 11.0. The van der Waals surface area contributed by atoms with Crippen LogP contribution in [-0.4, -0.2) is 28.6 Å². The largest absolute Gasteiger partial charge is 0.369 e. The third-order valence-electron chi connectivity index (χ3n) is 2.19. The zero-order valence-electron chi connectivity index (χ0n) is 7.60. The summed E-state index contributed by atoms with van der Waals surface area (Å²) >= 11 is 6.06. The summed E-state index contributed by atoms with van der Waals surface area (Å²) in [5, 5.41) is 6.96. The zero-order valence-corrected chi connectivity index (χ0v) is 9.23. The maximum absolute atomic E-state index is 11.5. The molecule has 0 aromatic carbocycles. The molecule has 1 unspecified atom stereocenters. The van der Waals surface area contributed by atoms with Crippen LogP contribution in [0.15, 0.2) is 0 Å². The molecule has 3 N–H and O–H groups in total. The van der Waals surface area contributed by atoms with Gasteiger partial charge in [-0.05, 0) is 12.2 Å². The first-order valence-electron chi connectivity index (χ1n) is 4.23. The molecule has 1 aliphatic heterocycles. The molecule has 0 saturated carbocycles. The molecule has 1 aromatic heterocycles. The molecule has 2 rings (SSSR count). The summed E-state index contributed by atoms with van der Waals surface area (Å²) < 4.78 is 0.500. The molecule has 1 atom stereocenters. The highest BCUT2D eigenvalue weighted by molar-refractivity contribution is 7.73. The molecule has 0 radical (unpaired) electrons. The molecule has 1 aliphatic rings. The lowest BCUT2D eigenvalue weighted by molar-refractivity contribution is -0.123. The van der Waals surface area contributed by atoms with E-state index in [-0.39, 0.29) is 12.3 Å². The van der Waals surface area contributed by atoms with Gasteiger partial charge in [-0.15, -0.1) is 5.10 Å². The minimum Gasteiger partial charge on any atom is -0.369 e. The van der Waals surface area contributed by atoms with Crippen LogP contribution in [0.1, 0.15) is 6.42 Å². The Morgan fingerprint density at radius 2 is 2.47 bits per heavy atom. The van der Waals surface area contributed by atoms with Crippen molar-refractivity contribution in [1.82, 2.24) is 10.2 Å². The van der Waals surface area contributed by atoms with E-state index in [1.54, 1.807) is 0 Å². The van der Waals surface area contributed by atoms with Crippen molar-refractivity contribution >= 4 is 40.5 Å². The summed E-state index contributed by atoms with van der Waals surface area (Å²) in [5.74, 6) is -1.02. The van der Waals surface area contributed by atoms with E-state index in [2.05, 4.69) is 10.2 Å².